The molecule has 84 valence electrons. The molecule has 0 amide bonds. The fourth-order valence-electron chi connectivity index (χ4n) is 1.35. The Morgan fingerprint density at radius 3 is 2.80 bits per heavy atom. The second-order valence-electron chi connectivity index (χ2n) is 3.28. The molecule has 6 heteroatoms. The average Bonchev–Trinajstić information content (AvgIpc) is 2.59. The second kappa shape index (κ2) is 6.08. The van der Waals surface area contributed by atoms with Crippen LogP contribution in [0.4, 0.5) is 0 Å². The van der Waals surface area contributed by atoms with Crippen LogP contribution in [0.15, 0.2) is 5.10 Å². The van der Waals surface area contributed by atoms with E-state index < -0.39 is 12.0 Å². The summed E-state index contributed by atoms with van der Waals surface area (Å²) in [6.07, 6.45) is 5.22. The molecule has 1 N–H and O–H groups in total. The van der Waals surface area contributed by atoms with Crippen LogP contribution in [0.2, 0.25) is 0 Å². The topological polar surface area (TPSA) is 52.7 Å². The molecule has 2 atom stereocenters. The number of carboxylic acids is 1. The van der Waals surface area contributed by atoms with Gasteiger partial charge in [0.2, 0.25) is 0 Å². The summed E-state index contributed by atoms with van der Waals surface area (Å²) in [4.78, 5) is 11.0. The van der Waals surface area contributed by atoms with Crippen molar-refractivity contribution >= 4 is 41.6 Å². The van der Waals surface area contributed by atoms with Gasteiger partial charge in [-0.1, -0.05) is 4.68 Å². The highest BCUT2D eigenvalue weighted by atomic mass is 35.5. The van der Waals surface area contributed by atoms with Crippen LogP contribution < -0.4 is 0 Å². The van der Waals surface area contributed by atoms with Gasteiger partial charge >= 0.3 is 5.97 Å². The second-order valence-corrected chi connectivity index (χ2v) is 4.16. The van der Waals surface area contributed by atoms with Crippen LogP contribution in [0, 0.1) is 0 Å². The lowest BCUT2D eigenvalue weighted by atomic mass is 10.1. The fourth-order valence-corrected chi connectivity index (χ4v) is 1.70. The van der Waals surface area contributed by atoms with E-state index >= 15 is 0 Å². The van der Waals surface area contributed by atoms with E-state index in [1.54, 1.807) is 6.21 Å². The van der Waals surface area contributed by atoms with Crippen molar-refractivity contribution in [2.45, 2.75) is 30.7 Å². The van der Waals surface area contributed by atoms with Crippen LogP contribution in [0.3, 0.4) is 0 Å². The lowest BCUT2D eigenvalue weighted by molar-refractivity contribution is -0.553. The summed E-state index contributed by atoms with van der Waals surface area (Å²) in [6.45, 7) is 0. The molecule has 1 aliphatic heterocycles. The molecule has 0 aliphatic carbocycles. The number of carbonyl (C=O) groups is 1. The van der Waals surface area contributed by atoms with E-state index in [0.29, 0.717) is 12.3 Å². The summed E-state index contributed by atoms with van der Waals surface area (Å²) in [5.41, 5.74) is 0. The zero-order chi connectivity index (χ0) is 11.3. The van der Waals surface area contributed by atoms with Gasteiger partial charge in [0.1, 0.15) is 0 Å². The molecule has 1 heterocycles. The Labute approximate surface area is 98.2 Å². The van der Waals surface area contributed by atoms with E-state index in [-0.39, 0.29) is 5.38 Å². The zero-order valence-corrected chi connectivity index (χ0v) is 9.66. The first-order valence-electron chi connectivity index (χ1n) is 4.75. The first-order chi connectivity index (χ1) is 7.15. The minimum atomic E-state index is -0.885. The summed E-state index contributed by atoms with van der Waals surface area (Å²) in [5.74, 6) is -0.332. The van der Waals surface area contributed by atoms with Gasteiger partial charge in [-0.05, 0) is 17.9 Å². The van der Waals surface area contributed by atoms with E-state index in [2.05, 4.69) is 5.10 Å². The van der Waals surface area contributed by atoms with Crippen molar-refractivity contribution in [3.05, 3.63) is 0 Å². The minimum absolute atomic E-state index is 0.306. The standard InChI is InChI=1S/C9H12Cl2N2O2/c10-4-2-1-3-8(9(14)15)13-6-7(11)5-12-13/h5-8H,1-4H2/p+1. The van der Waals surface area contributed by atoms with Crippen molar-refractivity contribution < 1.29 is 14.6 Å². The summed E-state index contributed by atoms with van der Waals surface area (Å²) in [5, 5.41) is 12.6. The molecule has 2 unspecified atom stereocenters. The summed E-state index contributed by atoms with van der Waals surface area (Å²) in [7, 11) is 0. The van der Waals surface area contributed by atoms with Gasteiger partial charge in [-0.3, -0.25) is 0 Å². The first-order valence-corrected chi connectivity index (χ1v) is 5.72. The van der Waals surface area contributed by atoms with Crippen LogP contribution >= 0.6 is 23.2 Å². The molecule has 0 spiro atoms. The Morgan fingerprint density at radius 1 is 1.60 bits per heavy atom. The van der Waals surface area contributed by atoms with Gasteiger partial charge in [0, 0.05) is 12.3 Å². The van der Waals surface area contributed by atoms with Gasteiger partial charge in [0.05, 0.1) is 6.21 Å². The maximum atomic E-state index is 11.0. The van der Waals surface area contributed by atoms with Gasteiger partial charge in [-0.15, -0.1) is 23.2 Å². The van der Waals surface area contributed by atoms with E-state index in [4.69, 9.17) is 28.3 Å². The van der Waals surface area contributed by atoms with Crippen molar-refractivity contribution in [2.24, 2.45) is 5.10 Å². The number of halogens is 2. The molecule has 0 fully saturated rings. The molecule has 0 bridgehead atoms. The number of hydrogen-bond acceptors (Lipinski definition) is 2. The van der Waals surface area contributed by atoms with E-state index in [1.807, 2.05) is 0 Å². The Bertz CT molecular complexity index is 292. The van der Waals surface area contributed by atoms with Crippen LogP contribution in [0.5, 0.6) is 0 Å². The molecule has 0 aromatic heterocycles. The monoisotopic (exact) mass is 251 g/mol. The van der Waals surface area contributed by atoms with Crippen molar-refractivity contribution in [3.8, 4) is 0 Å². The lowest BCUT2D eigenvalue weighted by Gasteiger charge is -2.04. The van der Waals surface area contributed by atoms with Crippen LogP contribution in [-0.4, -0.2) is 45.5 Å². The number of nitrogens with zero attached hydrogens (tertiary/aromatic N) is 2. The third kappa shape index (κ3) is 3.80. The van der Waals surface area contributed by atoms with E-state index in [9.17, 15) is 4.79 Å². The van der Waals surface area contributed by atoms with Crippen molar-refractivity contribution in [2.75, 3.05) is 5.88 Å². The molecule has 0 aromatic rings. The average molecular weight is 252 g/mol. The molecule has 0 saturated heterocycles. The minimum Gasteiger partial charge on any atom is -0.476 e. The van der Waals surface area contributed by atoms with Gasteiger partial charge in [-0.25, -0.2) is 4.79 Å². The lowest BCUT2D eigenvalue weighted by Crippen LogP contribution is -2.31. The molecular weight excluding hydrogens is 239 g/mol. The number of hydrogen-bond donors (Lipinski definition) is 1. The summed E-state index contributed by atoms with van der Waals surface area (Å²) >= 11 is 11.3. The Hall–Kier alpha value is -0.610. The van der Waals surface area contributed by atoms with Gasteiger partial charge in [0.15, 0.2) is 11.6 Å². The summed E-state index contributed by atoms with van der Waals surface area (Å²) < 4.78 is 1.41. The molecule has 1 aliphatic rings. The molecule has 0 radical (unpaired) electrons. The van der Waals surface area contributed by atoms with Crippen LogP contribution in [0.1, 0.15) is 19.3 Å². The molecular formula is C9H13Cl2N2O2+. The maximum absolute atomic E-state index is 11.0. The highest BCUT2D eigenvalue weighted by molar-refractivity contribution is 6.36. The Morgan fingerprint density at radius 2 is 2.33 bits per heavy atom. The SMILES string of the molecule is O=C(O)C(CCCCCl)[N+]1=CC(Cl)C=N1. The fraction of sp³-hybridized carbons (Fsp3) is 0.667. The maximum Gasteiger partial charge on any atom is 0.375 e. The number of hydrazone groups is 1. The van der Waals surface area contributed by atoms with E-state index in [0.717, 1.165) is 12.8 Å². The van der Waals surface area contributed by atoms with Crippen molar-refractivity contribution in [3.63, 3.8) is 0 Å². The van der Waals surface area contributed by atoms with Crippen LogP contribution in [-0.2, 0) is 4.79 Å². The molecule has 1 rings (SSSR count). The van der Waals surface area contributed by atoms with Crippen LogP contribution in [0.25, 0.3) is 0 Å². The number of unbranched alkanes of at least 4 members (excludes halogenated alkanes) is 1. The van der Waals surface area contributed by atoms with Gasteiger partial charge < -0.3 is 5.11 Å². The van der Waals surface area contributed by atoms with Crippen molar-refractivity contribution in [1.29, 1.82) is 0 Å². The Kier molecular flexibility index (Phi) is 5.05. The zero-order valence-electron chi connectivity index (χ0n) is 8.14. The number of rotatable bonds is 6. The highest BCUT2D eigenvalue weighted by Gasteiger charge is 2.32. The van der Waals surface area contributed by atoms with Gasteiger partial charge in [0.25, 0.3) is 6.04 Å². The third-order valence-electron chi connectivity index (χ3n) is 2.10. The molecule has 0 aromatic carbocycles. The predicted molar refractivity (Wildman–Crippen MR) is 60.5 cm³/mol. The van der Waals surface area contributed by atoms with Gasteiger partial charge in [-0.2, -0.15) is 0 Å². The third-order valence-corrected chi connectivity index (χ3v) is 2.60. The van der Waals surface area contributed by atoms with E-state index in [1.165, 1.54) is 10.9 Å². The summed E-state index contributed by atoms with van der Waals surface area (Å²) in [6, 6.07) is -0.631. The smallest absolute Gasteiger partial charge is 0.375 e. The normalized spacial score (nSPS) is 21.5. The van der Waals surface area contributed by atoms with Crippen molar-refractivity contribution in [1.82, 2.24) is 0 Å². The number of alkyl halides is 2. The molecule has 15 heavy (non-hydrogen) atoms. The quantitative estimate of drug-likeness (QED) is 0.443. The highest BCUT2D eigenvalue weighted by Crippen LogP contribution is 2.09. The number of aliphatic carboxylic acids is 1. The largest absolute Gasteiger partial charge is 0.476 e. The predicted octanol–water partition coefficient (Wildman–Crippen LogP) is 1.54. The Balaban J connectivity index is 2.55. The first kappa shape index (κ1) is 12.5. The molecule has 4 nitrogen and oxygen atoms in total. The number of carboxylic acid groups (broad SMARTS) is 1. The molecule has 0 saturated carbocycles.